The van der Waals surface area contributed by atoms with Crippen molar-refractivity contribution >= 4 is 35.0 Å². The predicted molar refractivity (Wildman–Crippen MR) is 107 cm³/mol. The zero-order valence-corrected chi connectivity index (χ0v) is 17.6. The zero-order chi connectivity index (χ0) is 23.5. The summed E-state index contributed by atoms with van der Waals surface area (Å²) in [5, 5.41) is 4.62. The normalized spacial score (nSPS) is 16.1. The van der Waals surface area contributed by atoms with Gasteiger partial charge in [-0.05, 0) is 18.1 Å². The maximum Gasteiger partial charge on any atom is 0.389 e. The minimum Gasteiger partial charge on any atom is -0.344 e. The van der Waals surface area contributed by atoms with E-state index < -0.39 is 60.6 Å². The SMILES string of the molecule is CC(C)[C@H](NC(=O)CCC(F)(F)F)C(=O)NC1C(=O)N(C)c2ccccc2N(C)C1=O. The van der Waals surface area contributed by atoms with Gasteiger partial charge in [0.2, 0.25) is 11.8 Å². The van der Waals surface area contributed by atoms with E-state index in [1.807, 2.05) is 0 Å². The number of rotatable bonds is 6. The Balaban J connectivity index is 2.18. The highest BCUT2D eigenvalue weighted by Crippen LogP contribution is 2.31. The molecule has 31 heavy (non-hydrogen) atoms. The van der Waals surface area contributed by atoms with Crippen LogP contribution >= 0.6 is 0 Å². The third-order valence-electron chi connectivity index (χ3n) is 4.95. The Hall–Kier alpha value is -3.11. The molecule has 1 aromatic carbocycles. The fourth-order valence-electron chi connectivity index (χ4n) is 3.15. The van der Waals surface area contributed by atoms with Crippen molar-refractivity contribution in [2.24, 2.45) is 5.92 Å². The van der Waals surface area contributed by atoms with Crippen LogP contribution in [0.3, 0.4) is 0 Å². The molecule has 4 amide bonds. The number of nitrogens with one attached hydrogen (secondary N) is 2. The summed E-state index contributed by atoms with van der Waals surface area (Å²) >= 11 is 0. The molecule has 0 aliphatic carbocycles. The number of fused-ring (bicyclic) bond motifs is 1. The fourth-order valence-corrected chi connectivity index (χ4v) is 3.15. The van der Waals surface area contributed by atoms with E-state index in [2.05, 4.69) is 10.6 Å². The zero-order valence-electron chi connectivity index (χ0n) is 17.6. The van der Waals surface area contributed by atoms with E-state index in [4.69, 9.17) is 0 Å². The maximum atomic E-state index is 12.9. The minimum absolute atomic E-state index is 0.473. The van der Waals surface area contributed by atoms with Gasteiger partial charge < -0.3 is 20.4 Å². The Labute approximate surface area is 177 Å². The quantitative estimate of drug-likeness (QED) is 0.654. The van der Waals surface area contributed by atoms with Crippen LogP contribution in [-0.2, 0) is 19.2 Å². The van der Waals surface area contributed by atoms with Crippen molar-refractivity contribution in [3.63, 3.8) is 0 Å². The number of alkyl halides is 3. The number of amides is 4. The fraction of sp³-hybridized carbons (Fsp3) is 0.500. The van der Waals surface area contributed by atoms with Crippen LogP contribution in [0, 0.1) is 5.92 Å². The van der Waals surface area contributed by atoms with Gasteiger partial charge in [0.25, 0.3) is 11.8 Å². The molecule has 0 saturated heterocycles. The van der Waals surface area contributed by atoms with Crippen LogP contribution in [0.2, 0.25) is 0 Å². The lowest BCUT2D eigenvalue weighted by Gasteiger charge is -2.26. The number of likely N-dealkylation sites (N-methyl/N-ethyl adjacent to an activating group) is 2. The second-order valence-electron chi connectivity index (χ2n) is 7.63. The van der Waals surface area contributed by atoms with Gasteiger partial charge in [-0.2, -0.15) is 13.2 Å². The van der Waals surface area contributed by atoms with Gasteiger partial charge in [-0.1, -0.05) is 26.0 Å². The molecule has 11 heteroatoms. The third-order valence-corrected chi connectivity index (χ3v) is 4.95. The van der Waals surface area contributed by atoms with Gasteiger partial charge in [0.15, 0.2) is 6.04 Å². The molecule has 1 heterocycles. The number of anilines is 2. The highest BCUT2D eigenvalue weighted by molar-refractivity contribution is 6.21. The van der Waals surface area contributed by atoms with Gasteiger partial charge in [0.05, 0.1) is 17.8 Å². The summed E-state index contributed by atoms with van der Waals surface area (Å²) in [7, 11) is 2.93. The number of nitrogens with zero attached hydrogens (tertiary/aromatic N) is 2. The summed E-state index contributed by atoms with van der Waals surface area (Å²) in [6.45, 7) is 3.16. The number of para-hydroxylation sites is 2. The molecule has 1 atom stereocenters. The molecule has 1 aliphatic rings. The van der Waals surface area contributed by atoms with Crippen LogP contribution < -0.4 is 20.4 Å². The summed E-state index contributed by atoms with van der Waals surface area (Å²) < 4.78 is 37.0. The lowest BCUT2D eigenvalue weighted by molar-refractivity contribution is -0.145. The van der Waals surface area contributed by atoms with E-state index >= 15 is 0 Å². The molecule has 0 aromatic heterocycles. The van der Waals surface area contributed by atoms with Crippen LogP contribution in [-0.4, -0.2) is 56.0 Å². The summed E-state index contributed by atoms with van der Waals surface area (Å²) in [4.78, 5) is 52.9. The molecule has 0 saturated carbocycles. The Morgan fingerprint density at radius 3 is 1.94 bits per heavy atom. The van der Waals surface area contributed by atoms with Crippen LogP contribution in [0.25, 0.3) is 0 Å². The smallest absolute Gasteiger partial charge is 0.344 e. The van der Waals surface area contributed by atoms with E-state index in [1.54, 1.807) is 38.1 Å². The summed E-state index contributed by atoms with van der Waals surface area (Å²) in [6.07, 6.45) is -6.66. The molecule has 1 aromatic rings. The first-order chi connectivity index (χ1) is 14.3. The number of benzene rings is 1. The van der Waals surface area contributed by atoms with Gasteiger partial charge in [0, 0.05) is 20.5 Å². The largest absolute Gasteiger partial charge is 0.389 e. The van der Waals surface area contributed by atoms with E-state index in [-0.39, 0.29) is 0 Å². The van der Waals surface area contributed by atoms with Crippen LogP contribution in [0.1, 0.15) is 26.7 Å². The van der Waals surface area contributed by atoms with Crippen molar-refractivity contribution in [2.45, 2.75) is 44.9 Å². The molecular weight excluding hydrogens is 417 g/mol. The highest BCUT2D eigenvalue weighted by Gasteiger charge is 2.40. The first-order valence-corrected chi connectivity index (χ1v) is 9.64. The molecule has 2 N–H and O–H groups in total. The summed E-state index contributed by atoms with van der Waals surface area (Å²) in [6, 6.07) is 3.93. The first kappa shape index (κ1) is 24.2. The van der Waals surface area contributed by atoms with Gasteiger partial charge in [-0.15, -0.1) is 0 Å². The third kappa shape index (κ3) is 5.74. The number of carbonyl (C=O) groups excluding carboxylic acids is 4. The van der Waals surface area contributed by atoms with E-state index in [1.165, 1.54) is 23.9 Å². The molecule has 0 unspecified atom stereocenters. The Bertz CT molecular complexity index is 831. The van der Waals surface area contributed by atoms with Crippen molar-refractivity contribution in [3.8, 4) is 0 Å². The topological polar surface area (TPSA) is 98.8 Å². The Morgan fingerprint density at radius 1 is 1.03 bits per heavy atom. The van der Waals surface area contributed by atoms with E-state index in [0.29, 0.717) is 11.4 Å². The molecule has 0 radical (unpaired) electrons. The van der Waals surface area contributed by atoms with Gasteiger partial charge >= 0.3 is 6.18 Å². The van der Waals surface area contributed by atoms with E-state index in [9.17, 15) is 32.3 Å². The van der Waals surface area contributed by atoms with Crippen molar-refractivity contribution < 1.29 is 32.3 Å². The van der Waals surface area contributed by atoms with E-state index in [0.717, 1.165) is 0 Å². The molecule has 0 spiro atoms. The van der Waals surface area contributed by atoms with Crippen molar-refractivity contribution in [1.82, 2.24) is 10.6 Å². The average molecular weight is 442 g/mol. The van der Waals surface area contributed by atoms with Crippen molar-refractivity contribution in [3.05, 3.63) is 24.3 Å². The molecule has 0 fully saturated rings. The molecule has 8 nitrogen and oxygen atoms in total. The van der Waals surface area contributed by atoms with Gasteiger partial charge in [-0.25, -0.2) is 0 Å². The maximum absolute atomic E-state index is 12.9. The number of carbonyl (C=O) groups is 4. The lowest BCUT2D eigenvalue weighted by Crippen LogP contribution is -2.59. The molecule has 2 rings (SSSR count). The standard InChI is InChI=1S/C20H25F3N4O4/c1-11(2)15(24-14(28)9-10-20(21,22)23)17(29)25-16-18(30)26(3)12-7-5-6-8-13(12)27(4)19(16)31/h5-8,11,15-16H,9-10H2,1-4H3,(H,24,28)(H,25,29)/t15-/m0/s1. The van der Waals surface area contributed by atoms with Crippen molar-refractivity contribution in [1.29, 1.82) is 0 Å². The summed E-state index contributed by atoms with van der Waals surface area (Å²) in [5.74, 6) is -3.65. The molecule has 0 bridgehead atoms. The highest BCUT2D eigenvalue weighted by atomic mass is 19.4. The van der Waals surface area contributed by atoms with Crippen LogP contribution in [0.5, 0.6) is 0 Å². The summed E-state index contributed by atoms with van der Waals surface area (Å²) in [5.41, 5.74) is 0.946. The van der Waals surface area contributed by atoms with Gasteiger partial charge in [0.1, 0.15) is 6.04 Å². The average Bonchev–Trinajstić information content (AvgIpc) is 2.76. The Kier molecular flexibility index (Phi) is 7.29. The van der Waals surface area contributed by atoms with Crippen LogP contribution in [0.15, 0.2) is 24.3 Å². The van der Waals surface area contributed by atoms with Gasteiger partial charge in [-0.3, -0.25) is 19.2 Å². The molecule has 170 valence electrons. The second kappa shape index (κ2) is 9.36. The Morgan fingerprint density at radius 2 is 1.52 bits per heavy atom. The first-order valence-electron chi connectivity index (χ1n) is 9.64. The number of hydrogen-bond donors (Lipinski definition) is 2. The van der Waals surface area contributed by atoms with Crippen LogP contribution in [0.4, 0.5) is 24.5 Å². The predicted octanol–water partition coefficient (Wildman–Crippen LogP) is 1.59. The van der Waals surface area contributed by atoms with Crippen molar-refractivity contribution in [2.75, 3.05) is 23.9 Å². The monoisotopic (exact) mass is 442 g/mol. The second-order valence-corrected chi connectivity index (χ2v) is 7.63. The number of hydrogen-bond acceptors (Lipinski definition) is 4. The number of halogens is 3. The minimum atomic E-state index is -4.50. The lowest BCUT2D eigenvalue weighted by atomic mass is 10.0. The molecular formula is C20H25F3N4O4. The molecule has 1 aliphatic heterocycles.